The van der Waals surface area contributed by atoms with Gasteiger partial charge in [-0.2, -0.15) is 0 Å². The van der Waals surface area contributed by atoms with Crippen molar-refractivity contribution >= 4 is 29.9 Å². The van der Waals surface area contributed by atoms with Gasteiger partial charge in [-0.3, -0.25) is 0 Å². The van der Waals surface area contributed by atoms with Gasteiger partial charge in [0.15, 0.2) is 0 Å². The van der Waals surface area contributed by atoms with E-state index in [2.05, 4.69) is 48.3 Å². The lowest BCUT2D eigenvalue weighted by Crippen LogP contribution is -1.96. The summed E-state index contributed by atoms with van der Waals surface area (Å²) in [5.41, 5.74) is 0. The van der Waals surface area contributed by atoms with E-state index >= 15 is 0 Å². The fraction of sp³-hybridized carbons (Fsp3) is 1.00. The molecule has 0 atom stereocenters. The van der Waals surface area contributed by atoms with Crippen molar-refractivity contribution in [3.63, 3.8) is 0 Å². The van der Waals surface area contributed by atoms with E-state index < -0.39 is 0 Å². The Balaban J connectivity index is 3.56. The van der Waals surface area contributed by atoms with Gasteiger partial charge in [0.1, 0.15) is 0 Å². The van der Waals surface area contributed by atoms with Crippen molar-refractivity contribution in [1.29, 1.82) is 0 Å². The van der Waals surface area contributed by atoms with Crippen LogP contribution < -0.4 is 0 Å². The SMILES string of the molecule is CS(C)(C)CSS(C)(C)C. The van der Waals surface area contributed by atoms with Crippen LogP contribution in [0.3, 0.4) is 0 Å². The normalized spacial score (nSPS) is 17.0. The van der Waals surface area contributed by atoms with Gasteiger partial charge in [-0.1, -0.05) is 0 Å². The molecule has 10 heavy (non-hydrogen) atoms. The van der Waals surface area contributed by atoms with Gasteiger partial charge >= 0.3 is 0 Å². The molecule has 0 saturated carbocycles. The Bertz CT molecular complexity index is 82.4. The highest BCUT2D eigenvalue weighted by Gasteiger charge is 2.09. The lowest BCUT2D eigenvalue weighted by Gasteiger charge is -2.31. The van der Waals surface area contributed by atoms with Gasteiger partial charge in [-0.15, -0.1) is 10.8 Å². The third kappa shape index (κ3) is 9.05. The summed E-state index contributed by atoms with van der Waals surface area (Å²) in [4.78, 5) is 0. The first-order valence-electron chi connectivity index (χ1n) is 3.19. The van der Waals surface area contributed by atoms with Crippen LogP contribution in [0.1, 0.15) is 0 Å². The molecule has 0 aliphatic heterocycles. The quantitative estimate of drug-likeness (QED) is 0.631. The maximum atomic E-state index is 2.38. The van der Waals surface area contributed by atoms with E-state index in [4.69, 9.17) is 0 Å². The number of hydrogen-bond acceptors (Lipinski definition) is 1. The van der Waals surface area contributed by atoms with E-state index in [0.717, 1.165) is 0 Å². The first kappa shape index (κ1) is 11.1. The zero-order valence-electron chi connectivity index (χ0n) is 7.93. The molecule has 0 bridgehead atoms. The van der Waals surface area contributed by atoms with Crippen molar-refractivity contribution in [3.05, 3.63) is 0 Å². The number of rotatable bonds is 3. The molecule has 0 heterocycles. The van der Waals surface area contributed by atoms with Crippen molar-refractivity contribution < 1.29 is 0 Å². The molecular formula is C7H20S3. The van der Waals surface area contributed by atoms with E-state index in [1.54, 1.807) is 0 Å². The summed E-state index contributed by atoms with van der Waals surface area (Å²) >= 11 is 0. The molecule has 0 aromatic carbocycles. The van der Waals surface area contributed by atoms with Crippen LogP contribution in [-0.2, 0) is 0 Å². The van der Waals surface area contributed by atoms with Gasteiger partial charge in [-0.05, 0) is 37.5 Å². The second kappa shape index (κ2) is 3.63. The van der Waals surface area contributed by atoms with Gasteiger partial charge in [0.25, 0.3) is 0 Å². The second-order valence-electron chi connectivity index (χ2n) is 4.05. The Morgan fingerprint density at radius 1 is 0.900 bits per heavy atom. The van der Waals surface area contributed by atoms with Crippen LogP contribution in [0.5, 0.6) is 0 Å². The summed E-state index contributed by atoms with van der Waals surface area (Å²) in [5.74, 6) is 0. The number of hydrogen-bond donors (Lipinski definition) is 0. The highest BCUT2D eigenvalue weighted by molar-refractivity contribution is 8.94. The highest BCUT2D eigenvalue weighted by atomic mass is 33.2. The molecule has 0 unspecified atom stereocenters. The first-order chi connectivity index (χ1) is 4.21. The van der Waals surface area contributed by atoms with Gasteiger partial charge < -0.3 is 0 Å². The molecule has 0 aliphatic carbocycles. The molecule has 0 radical (unpaired) electrons. The van der Waals surface area contributed by atoms with Crippen LogP contribution in [-0.4, -0.2) is 42.6 Å². The first-order valence-corrected chi connectivity index (χ1v) is 10.6. The lowest BCUT2D eigenvalue weighted by atomic mass is 11.8. The Labute approximate surface area is 72.6 Å². The van der Waals surface area contributed by atoms with Crippen LogP contribution in [0.4, 0.5) is 0 Å². The lowest BCUT2D eigenvalue weighted by molar-refractivity contribution is 1.98. The summed E-state index contributed by atoms with van der Waals surface area (Å²) in [5, 5.41) is 1.37. The van der Waals surface area contributed by atoms with Crippen molar-refractivity contribution in [1.82, 2.24) is 0 Å². The van der Waals surface area contributed by atoms with Crippen LogP contribution in [0.25, 0.3) is 0 Å². The minimum absolute atomic E-state index is 0.274. The largest absolute Gasteiger partial charge is 0.240 e. The van der Waals surface area contributed by atoms with E-state index in [1.807, 2.05) is 0 Å². The smallest absolute Gasteiger partial charge is 0.0318 e. The molecule has 0 saturated heterocycles. The minimum Gasteiger partial charge on any atom is -0.240 e. The molecule has 0 N–H and O–H groups in total. The molecule has 0 nitrogen and oxygen atoms in total. The fourth-order valence-electron chi connectivity index (χ4n) is 0.289. The highest BCUT2D eigenvalue weighted by Crippen LogP contribution is 2.55. The molecule has 0 aromatic heterocycles. The van der Waals surface area contributed by atoms with Gasteiger partial charge in [0.05, 0.1) is 0 Å². The van der Waals surface area contributed by atoms with Crippen LogP contribution >= 0.6 is 29.9 Å². The predicted molar refractivity (Wildman–Crippen MR) is 63.2 cm³/mol. The predicted octanol–water partition coefficient (Wildman–Crippen LogP) is 2.98. The third-order valence-corrected chi connectivity index (χ3v) is 7.66. The van der Waals surface area contributed by atoms with E-state index in [-0.39, 0.29) is 19.1 Å². The topological polar surface area (TPSA) is 0 Å². The monoisotopic (exact) mass is 200 g/mol. The van der Waals surface area contributed by atoms with Crippen molar-refractivity contribution in [2.45, 2.75) is 0 Å². The Kier molecular flexibility index (Phi) is 4.02. The van der Waals surface area contributed by atoms with E-state index in [9.17, 15) is 0 Å². The third-order valence-electron chi connectivity index (χ3n) is 0.755. The van der Waals surface area contributed by atoms with E-state index in [1.165, 1.54) is 5.08 Å². The zero-order chi connectivity index (χ0) is 8.41. The molecule has 0 spiro atoms. The second-order valence-corrected chi connectivity index (χ2v) is 16.6. The van der Waals surface area contributed by atoms with Crippen molar-refractivity contribution in [2.75, 3.05) is 42.6 Å². The molecule has 0 amide bonds. The van der Waals surface area contributed by atoms with Gasteiger partial charge in [0.2, 0.25) is 0 Å². The maximum Gasteiger partial charge on any atom is 0.0318 e. The summed E-state index contributed by atoms with van der Waals surface area (Å²) < 4.78 is 0. The van der Waals surface area contributed by atoms with E-state index in [0.29, 0.717) is 0 Å². The average Bonchev–Trinajstić information content (AvgIpc) is 1.57. The average molecular weight is 200 g/mol. The molecule has 66 valence electrons. The summed E-state index contributed by atoms with van der Waals surface area (Å²) in [6, 6.07) is 0. The van der Waals surface area contributed by atoms with Crippen LogP contribution in [0.2, 0.25) is 0 Å². The minimum atomic E-state index is -0.320. The molecule has 0 rings (SSSR count). The van der Waals surface area contributed by atoms with Crippen molar-refractivity contribution in [3.8, 4) is 0 Å². The zero-order valence-corrected chi connectivity index (χ0v) is 10.4. The maximum absolute atomic E-state index is 2.38. The van der Waals surface area contributed by atoms with Crippen molar-refractivity contribution in [2.24, 2.45) is 0 Å². The Hall–Kier alpha value is 1.05. The fourth-order valence-corrected chi connectivity index (χ4v) is 7.79. The standard InChI is InChI=1S/C7H20S3/c1-9(2,3)7-8-10(4,5)6/h7H2,1-6H3. The summed E-state index contributed by atoms with van der Waals surface area (Å²) in [6.45, 7) is 0. The summed E-state index contributed by atoms with van der Waals surface area (Å²) in [7, 11) is 1.57. The molecule has 0 aliphatic rings. The van der Waals surface area contributed by atoms with Gasteiger partial charge in [0, 0.05) is 5.08 Å². The molecule has 0 fully saturated rings. The molecule has 0 aromatic rings. The van der Waals surface area contributed by atoms with Crippen LogP contribution in [0, 0.1) is 0 Å². The summed E-state index contributed by atoms with van der Waals surface area (Å²) in [6.07, 6.45) is 14.2. The molecule has 3 heteroatoms. The Morgan fingerprint density at radius 2 is 1.30 bits per heavy atom. The van der Waals surface area contributed by atoms with Gasteiger partial charge in [-0.25, -0.2) is 19.1 Å². The van der Waals surface area contributed by atoms with Crippen LogP contribution in [0.15, 0.2) is 0 Å². The molecular weight excluding hydrogens is 180 g/mol. The Morgan fingerprint density at radius 3 is 1.40 bits per heavy atom.